The normalized spacial score (nSPS) is 27.5. The van der Waals surface area contributed by atoms with E-state index in [0.717, 1.165) is 66.6 Å². The van der Waals surface area contributed by atoms with Gasteiger partial charge in [0.05, 0.1) is 5.69 Å². The predicted molar refractivity (Wildman–Crippen MR) is 132 cm³/mol. The highest BCUT2D eigenvalue weighted by molar-refractivity contribution is 5.94. The third-order valence-electron chi connectivity index (χ3n) is 8.07. The van der Waals surface area contributed by atoms with E-state index in [2.05, 4.69) is 25.7 Å². The zero-order valence-corrected chi connectivity index (χ0v) is 19.8. The Labute approximate surface area is 201 Å². The quantitative estimate of drug-likeness (QED) is 0.648. The molecule has 2 saturated heterocycles. The first-order chi connectivity index (χ1) is 16.7. The number of hydrogen-bond acceptors (Lipinski definition) is 6. The van der Waals surface area contributed by atoms with E-state index in [1.807, 2.05) is 36.4 Å². The molecule has 3 atom stereocenters. The molecule has 2 aliphatic carbocycles. The van der Waals surface area contributed by atoms with Gasteiger partial charge in [-0.2, -0.15) is 0 Å². The largest absolute Gasteiger partial charge is 0.381 e. The van der Waals surface area contributed by atoms with Gasteiger partial charge in [0.2, 0.25) is 5.91 Å². The van der Waals surface area contributed by atoms with Crippen LogP contribution in [-0.4, -0.2) is 59.9 Å². The number of anilines is 2. The summed E-state index contributed by atoms with van der Waals surface area (Å²) in [5, 5.41) is 15.6. The van der Waals surface area contributed by atoms with Crippen LogP contribution in [0.3, 0.4) is 0 Å². The number of likely N-dealkylation sites (tertiary alicyclic amines) is 1. The second kappa shape index (κ2) is 9.62. The number of nitrogens with one attached hydrogen (secondary N) is 2. The minimum Gasteiger partial charge on any atom is -0.381 e. The van der Waals surface area contributed by atoms with E-state index in [1.54, 1.807) is 0 Å². The van der Waals surface area contributed by atoms with Crippen LogP contribution in [0.2, 0.25) is 0 Å². The molecule has 1 aromatic heterocycles. The molecule has 6 rings (SSSR count). The van der Waals surface area contributed by atoms with Crippen LogP contribution in [0.25, 0.3) is 11.3 Å². The van der Waals surface area contributed by atoms with Gasteiger partial charge in [0.15, 0.2) is 0 Å². The number of hydrogen-bond donors (Lipinski definition) is 2. The third kappa shape index (κ3) is 5.10. The number of carbonyl (C=O) groups is 1. The maximum atomic E-state index is 12.1. The molecule has 1 unspecified atom stereocenters. The van der Waals surface area contributed by atoms with Gasteiger partial charge in [-0.15, -0.1) is 10.2 Å². The molecule has 1 amide bonds. The average molecular weight is 462 g/mol. The van der Waals surface area contributed by atoms with E-state index in [-0.39, 0.29) is 11.8 Å². The SMILES string of the molecule is O=C(Nc1cccc(-c2ccc(NC3C[C@@H]4CN(CC5CCOCC5)C[C@@H]4C3)nn2)c1)C1CC1. The first kappa shape index (κ1) is 22.0. The van der Waals surface area contributed by atoms with Crippen LogP contribution >= 0.6 is 0 Å². The molecule has 2 aromatic rings. The van der Waals surface area contributed by atoms with E-state index < -0.39 is 0 Å². The minimum absolute atomic E-state index is 0.121. The van der Waals surface area contributed by atoms with Gasteiger partial charge in [0.25, 0.3) is 0 Å². The molecule has 0 spiro atoms. The lowest BCUT2D eigenvalue weighted by Gasteiger charge is -2.27. The zero-order valence-electron chi connectivity index (χ0n) is 19.8. The van der Waals surface area contributed by atoms with Crippen molar-refractivity contribution in [3.63, 3.8) is 0 Å². The van der Waals surface area contributed by atoms with Crippen molar-refractivity contribution in [2.45, 2.75) is 44.6 Å². The van der Waals surface area contributed by atoms with Gasteiger partial charge < -0.3 is 20.3 Å². The van der Waals surface area contributed by atoms with E-state index in [4.69, 9.17) is 4.74 Å². The molecule has 3 heterocycles. The lowest BCUT2D eigenvalue weighted by atomic mass is 10.00. The van der Waals surface area contributed by atoms with E-state index >= 15 is 0 Å². The van der Waals surface area contributed by atoms with Crippen LogP contribution in [0.4, 0.5) is 11.5 Å². The first-order valence-electron chi connectivity index (χ1n) is 13.0. The maximum Gasteiger partial charge on any atom is 0.227 e. The maximum absolute atomic E-state index is 12.1. The van der Waals surface area contributed by atoms with Gasteiger partial charge >= 0.3 is 0 Å². The molecule has 34 heavy (non-hydrogen) atoms. The van der Waals surface area contributed by atoms with Gasteiger partial charge in [0, 0.05) is 56.1 Å². The molecular formula is C27H35N5O2. The number of benzene rings is 1. The summed E-state index contributed by atoms with van der Waals surface area (Å²) in [6.45, 7) is 5.64. The Morgan fingerprint density at radius 1 is 1.00 bits per heavy atom. The van der Waals surface area contributed by atoms with E-state index in [1.165, 1.54) is 45.3 Å². The molecule has 2 N–H and O–H groups in total. The van der Waals surface area contributed by atoms with Crippen LogP contribution < -0.4 is 10.6 Å². The Morgan fingerprint density at radius 2 is 1.79 bits per heavy atom. The second-order valence-electron chi connectivity index (χ2n) is 10.8. The summed E-state index contributed by atoms with van der Waals surface area (Å²) < 4.78 is 5.52. The number of fused-ring (bicyclic) bond motifs is 1. The van der Waals surface area contributed by atoms with Crippen molar-refractivity contribution in [3.8, 4) is 11.3 Å². The average Bonchev–Trinajstić information content (AvgIpc) is 3.55. The van der Waals surface area contributed by atoms with Crippen molar-refractivity contribution < 1.29 is 9.53 Å². The number of carbonyl (C=O) groups excluding carboxylic acids is 1. The van der Waals surface area contributed by atoms with Crippen LogP contribution in [0, 0.1) is 23.7 Å². The summed E-state index contributed by atoms with van der Waals surface area (Å²) >= 11 is 0. The van der Waals surface area contributed by atoms with Crippen molar-refractivity contribution in [2.24, 2.45) is 23.7 Å². The van der Waals surface area contributed by atoms with Crippen molar-refractivity contribution >= 4 is 17.4 Å². The molecule has 0 bridgehead atoms. The van der Waals surface area contributed by atoms with Gasteiger partial charge in [0.1, 0.15) is 5.82 Å². The Hall–Kier alpha value is -2.51. The number of nitrogens with zero attached hydrogens (tertiary/aromatic N) is 3. The molecular weight excluding hydrogens is 426 g/mol. The van der Waals surface area contributed by atoms with Crippen molar-refractivity contribution in [2.75, 3.05) is 43.5 Å². The van der Waals surface area contributed by atoms with Gasteiger partial charge in [-0.25, -0.2) is 0 Å². The summed E-state index contributed by atoms with van der Waals surface area (Å²) in [6, 6.07) is 12.4. The number of rotatable bonds is 7. The molecule has 7 heteroatoms. The summed E-state index contributed by atoms with van der Waals surface area (Å²) in [4.78, 5) is 14.8. The minimum atomic E-state index is 0.121. The molecule has 0 radical (unpaired) electrons. The number of aromatic nitrogens is 2. The molecule has 4 aliphatic rings. The van der Waals surface area contributed by atoms with Crippen LogP contribution in [0.1, 0.15) is 38.5 Å². The fourth-order valence-electron chi connectivity index (χ4n) is 6.08. The molecule has 180 valence electrons. The van der Waals surface area contributed by atoms with Crippen LogP contribution in [-0.2, 0) is 9.53 Å². The summed E-state index contributed by atoms with van der Waals surface area (Å²) in [7, 11) is 0. The van der Waals surface area contributed by atoms with Crippen LogP contribution in [0.5, 0.6) is 0 Å². The third-order valence-corrected chi connectivity index (χ3v) is 8.07. The highest BCUT2D eigenvalue weighted by atomic mass is 16.5. The Balaban J connectivity index is 1.01. The standard InChI is InChI=1S/C27H35N5O2/c33-27(19-4-5-19)29-23-3-1-2-20(12-23)25-6-7-26(31-30-25)28-24-13-21-16-32(17-22(21)14-24)15-18-8-10-34-11-9-18/h1-3,6-7,12,18-19,21-22,24H,4-5,8-11,13-17H2,(H,28,31)(H,29,33)/t21-,22+,24?. The van der Waals surface area contributed by atoms with Gasteiger partial charge in [-0.05, 0) is 80.5 Å². The summed E-state index contributed by atoms with van der Waals surface area (Å²) in [6.07, 6.45) is 6.90. The van der Waals surface area contributed by atoms with Crippen molar-refractivity contribution in [1.29, 1.82) is 0 Å². The summed E-state index contributed by atoms with van der Waals surface area (Å²) in [5.74, 6) is 3.60. The van der Waals surface area contributed by atoms with Crippen molar-refractivity contribution in [1.82, 2.24) is 15.1 Å². The highest BCUT2D eigenvalue weighted by Crippen LogP contribution is 2.39. The first-order valence-corrected chi connectivity index (χ1v) is 13.0. The second-order valence-corrected chi connectivity index (χ2v) is 10.8. The Bertz CT molecular complexity index is 988. The Morgan fingerprint density at radius 3 is 2.50 bits per heavy atom. The smallest absolute Gasteiger partial charge is 0.227 e. The van der Waals surface area contributed by atoms with Gasteiger partial charge in [-0.1, -0.05) is 12.1 Å². The molecule has 1 aromatic carbocycles. The summed E-state index contributed by atoms with van der Waals surface area (Å²) in [5.41, 5.74) is 2.61. The Kier molecular flexibility index (Phi) is 6.22. The predicted octanol–water partition coefficient (Wildman–Crippen LogP) is 4.04. The lowest BCUT2D eigenvalue weighted by Crippen LogP contribution is -2.32. The van der Waals surface area contributed by atoms with Crippen molar-refractivity contribution in [3.05, 3.63) is 36.4 Å². The monoisotopic (exact) mass is 461 g/mol. The molecule has 7 nitrogen and oxygen atoms in total. The fourth-order valence-corrected chi connectivity index (χ4v) is 6.08. The molecule has 2 saturated carbocycles. The molecule has 2 aliphatic heterocycles. The van der Waals surface area contributed by atoms with E-state index in [0.29, 0.717) is 6.04 Å². The topological polar surface area (TPSA) is 79.4 Å². The van der Waals surface area contributed by atoms with E-state index in [9.17, 15) is 4.79 Å². The number of amides is 1. The lowest BCUT2D eigenvalue weighted by molar-refractivity contribution is -0.117. The van der Waals surface area contributed by atoms with Crippen LogP contribution in [0.15, 0.2) is 36.4 Å². The van der Waals surface area contributed by atoms with Gasteiger partial charge in [-0.3, -0.25) is 4.79 Å². The molecule has 4 fully saturated rings. The number of ether oxygens (including phenoxy) is 1. The fraction of sp³-hybridized carbons (Fsp3) is 0.593. The zero-order chi connectivity index (χ0) is 22.9. The highest BCUT2D eigenvalue weighted by Gasteiger charge is 2.41.